The van der Waals surface area contributed by atoms with Gasteiger partial charge < -0.3 is 10.1 Å². The lowest BCUT2D eigenvalue weighted by molar-refractivity contribution is -0.127. The van der Waals surface area contributed by atoms with Gasteiger partial charge in [-0.15, -0.1) is 10.2 Å². The first-order valence-corrected chi connectivity index (χ1v) is 13.4. The summed E-state index contributed by atoms with van der Waals surface area (Å²) in [6.45, 7) is 6.79. The van der Waals surface area contributed by atoms with Crippen molar-refractivity contribution in [3.05, 3.63) is 89.2 Å². The highest BCUT2D eigenvalue weighted by atomic mass is 16.5. The van der Waals surface area contributed by atoms with Crippen LogP contribution in [0.3, 0.4) is 0 Å². The van der Waals surface area contributed by atoms with Crippen LogP contribution in [-0.2, 0) is 20.9 Å². The van der Waals surface area contributed by atoms with Crippen LogP contribution in [0.4, 0.5) is 5.69 Å². The minimum absolute atomic E-state index is 0.0353. The summed E-state index contributed by atoms with van der Waals surface area (Å²) in [5.41, 5.74) is 5.11. The molecule has 3 heterocycles. The van der Waals surface area contributed by atoms with E-state index in [-0.39, 0.29) is 24.5 Å². The minimum Gasteiger partial charge on any atom is -0.376 e. The third-order valence-corrected chi connectivity index (χ3v) is 6.98. The molecule has 2 unspecified atom stereocenters. The standard InChI is InChI=1S/C30H33N7O3/c1-20-6-9-24(10-7-20)29-33-35-36(34-29)19-27(38)37(26-11-8-21(2)17-22(26)3)28(23-12-14-31-15-13-23)30(39)32-18-25-5-4-16-40-25/h6-15,17,25,28H,4-5,16,18-19H2,1-3H3,(H,32,39). The molecule has 0 aliphatic carbocycles. The second-order valence-corrected chi connectivity index (χ2v) is 10.1. The van der Waals surface area contributed by atoms with Gasteiger partial charge in [0.05, 0.1) is 6.10 Å². The molecule has 2 aromatic carbocycles. The van der Waals surface area contributed by atoms with Crippen molar-refractivity contribution in [1.29, 1.82) is 0 Å². The number of benzene rings is 2. The van der Waals surface area contributed by atoms with E-state index in [1.165, 1.54) is 9.70 Å². The molecular formula is C30H33N7O3. The number of anilines is 1. The summed E-state index contributed by atoms with van der Waals surface area (Å²) in [6, 6.07) is 16.1. The van der Waals surface area contributed by atoms with E-state index in [0.717, 1.165) is 35.1 Å². The quantitative estimate of drug-likeness (QED) is 0.345. The van der Waals surface area contributed by atoms with Gasteiger partial charge in [-0.25, -0.2) is 0 Å². The van der Waals surface area contributed by atoms with E-state index >= 15 is 0 Å². The third-order valence-electron chi connectivity index (χ3n) is 6.98. The average Bonchev–Trinajstić information content (AvgIpc) is 3.64. The van der Waals surface area contributed by atoms with Gasteiger partial charge in [0.15, 0.2) is 0 Å². The first-order valence-electron chi connectivity index (χ1n) is 13.4. The first kappa shape index (κ1) is 27.1. The SMILES string of the molecule is Cc1ccc(-c2nnn(CC(=O)N(c3ccc(C)cc3C)C(C(=O)NCC3CCCO3)c3ccncc3)n2)cc1. The monoisotopic (exact) mass is 539 g/mol. The molecule has 1 aliphatic rings. The van der Waals surface area contributed by atoms with Gasteiger partial charge in [0.2, 0.25) is 11.7 Å². The summed E-state index contributed by atoms with van der Waals surface area (Å²) >= 11 is 0. The van der Waals surface area contributed by atoms with Crippen LogP contribution < -0.4 is 10.2 Å². The summed E-state index contributed by atoms with van der Waals surface area (Å²) < 4.78 is 5.71. The smallest absolute Gasteiger partial charge is 0.251 e. The van der Waals surface area contributed by atoms with E-state index < -0.39 is 6.04 Å². The molecule has 2 amide bonds. The van der Waals surface area contributed by atoms with Crippen molar-refractivity contribution in [3.8, 4) is 11.4 Å². The third kappa shape index (κ3) is 6.23. The van der Waals surface area contributed by atoms with Gasteiger partial charge in [-0.3, -0.25) is 19.5 Å². The fourth-order valence-corrected chi connectivity index (χ4v) is 4.90. The maximum absolute atomic E-state index is 14.1. The molecule has 0 saturated carbocycles. The van der Waals surface area contributed by atoms with Crippen LogP contribution in [0.15, 0.2) is 67.0 Å². The summed E-state index contributed by atoms with van der Waals surface area (Å²) in [5, 5.41) is 15.8. The fraction of sp³-hybridized carbons (Fsp3) is 0.333. The van der Waals surface area contributed by atoms with Crippen molar-refractivity contribution < 1.29 is 14.3 Å². The van der Waals surface area contributed by atoms with E-state index in [1.54, 1.807) is 24.5 Å². The lowest BCUT2D eigenvalue weighted by Crippen LogP contribution is -2.47. The highest BCUT2D eigenvalue weighted by Gasteiger charge is 2.34. The maximum atomic E-state index is 14.1. The number of carbonyl (C=O) groups excluding carboxylic acids is 2. The Labute approximate surface area is 233 Å². The van der Waals surface area contributed by atoms with Crippen molar-refractivity contribution in [1.82, 2.24) is 30.5 Å². The fourth-order valence-electron chi connectivity index (χ4n) is 4.90. The summed E-state index contributed by atoms with van der Waals surface area (Å²) in [7, 11) is 0. The molecule has 0 radical (unpaired) electrons. The Kier molecular flexibility index (Phi) is 8.26. The normalized spacial score (nSPS) is 15.5. The largest absolute Gasteiger partial charge is 0.376 e. The van der Waals surface area contributed by atoms with E-state index in [9.17, 15) is 9.59 Å². The van der Waals surface area contributed by atoms with E-state index in [0.29, 0.717) is 30.2 Å². The number of aromatic nitrogens is 5. The zero-order valence-electron chi connectivity index (χ0n) is 22.9. The van der Waals surface area contributed by atoms with Crippen molar-refractivity contribution in [2.45, 2.75) is 52.3 Å². The summed E-state index contributed by atoms with van der Waals surface area (Å²) in [4.78, 5) is 34.8. The Hall–Kier alpha value is -4.44. The Balaban J connectivity index is 1.49. The summed E-state index contributed by atoms with van der Waals surface area (Å²) in [5.74, 6) is -0.235. The number of aryl methyl sites for hydroxylation is 3. The van der Waals surface area contributed by atoms with Crippen LogP contribution in [0.25, 0.3) is 11.4 Å². The molecule has 0 bridgehead atoms. The van der Waals surface area contributed by atoms with Crippen molar-refractivity contribution in [2.24, 2.45) is 0 Å². The van der Waals surface area contributed by atoms with Crippen molar-refractivity contribution >= 4 is 17.5 Å². The van der Waals surface area contributed by atoms with Gasteiger partial charge in [-0.1, -0.05) is 47.5 Å². The highest BCUT2D eigenvalue weighted by Crippen LogP contribution is 2.31. The van der Waals surface area contributed by atoms with Gasteiger partial charge in [0.1, 0.15) is 12.6 Å². The Morgan fingerprint density at radius 2 is 1.80 bits per heavy atom. The summed E-state index contributed by atoms with van der Waals surface area (Å²) in [6.07, 6.45) is 5.06. The molecule has 2 aromatic heterocycles. The molecule has 10 heteroatoms. The number of nitrogens with one attached hydrogen (secondary N) is 1. The Morgan fingerprint density at radius 1 is 1.05 bits per heavy atom. The first-order chi connectivity index (χ1) is 19.4. The van der Waals surface area contributed by atoms with Gasteiger partial charge in [0, 0.05) is 36.8 Å². The van der Waals surface area contributed by atoms with Gasteiger partial charge in [-0.05, 0) is 68.2 Å². The number of nitrogens with zero attached hydrogens (tertiary/aromatic N) is 6. The number of ether oxygens (including phenoxy) is 1. The van der Waals surface area contributed by atoms with Crippen LogP contribution >= 0.6 is 0 Å². The van der Waals surface area contributed by atoms with E-state index in [4.69, 9.17) is 4.74 Å². The lowest BCUT2D eigenvalue weighted by atomic mass is 10.0. The van der Waals surface area contributed by atoms with Gasteiger partial charge in [-0.2, -0.15) is 4.80 Å². The molecule has 40 heavy (non-hydrogen) atoms. The molecule has 10 nitrogen and oxygen atoms in total. The zero-order valence-corrected chi connectivity index (χ0v) is 22.9. The Morgan fingerprint density at radius 3 is 2.50 bits per heavy atom. The van der Waals surface area contributed by atoms with E-state index in [1.807, 2.05) is 63.2 Å². The van der Waals surface area contributed by atoms with Crippen LogP contribution in [0.5, 0.6) is 0 Å². The molecule has 0 spiro atoms. The van der Waals surface area contributed by atoms with Crippen LogP contribution in [-0.4, -0.2) is 56.3 Å². The van der Waals surface area contributed by atoms with Crippen LogP contribution in [0.2, 0.25) is 0 Å². The topological polar surface area (TPSA) is 115 Å². The highest BCUT2D eigenvalue weighted by molar-refractivity contribution is 6.01. The predicted molar refractivity (Wildman–Crippen MR) is 150 cm³/mol. The predicted octanol–water partition coefficient (Wildman–Crippen LogP) is 3.73. The molecule has 1 fully saturated rings. The van der Waals surface area contributed by atoms with Gasteiger partial charge in [0.25, 0.3) is 5.91 Å². The molecular weight excluding hydrogens is 506 g/mol. The lowest BCUT2D eigenvalue weighted by Gasteiger charge is -2.32. The molecule has 2 atom stereocenters. The van der Waals surface area contributed by atoms with Crippen LogP contribution in [0.1, 0.15) is 41.1 Å². The van der Waals surface area contributed by atoms with Gasteiger partial charge >= 0.3 is 0 Å². The minimum atomic E-state index is -0.946. The molecule has 5 rings (SSSR count). The number of hydrogen-bond acceptors (Lipinski definition) is 7. The maximum Gasteiger partial charge on any atom is 0.251 e. The number of hydrogen-bond donors (Lipinski definition) is 1. The number of pyridine rings is 1. The zero-order chi connectivity index (χ0) is 28.1. The molecule has 206 valence electrons. The van der Waals surface area contributed by atoms with E-state index in [2.05, 4.69) is 25.7 Å². The van der Waals surface area contributed by atoms with Crippen LogP contribution in [0, 0.1) is 20.8 Å². The molecule has 1 aliphatic heterocycles. The molecule has 4 aromatic rings. The number of amides is 2. The molecule has 1 N–H and O–H groups in total. The Bertz CT molecular complexity index is 1460. The number of rotatable bonds is 9. The number of tetrazole rings is 1. The van der Waals surface area contributed by atoms with Crippen molar-refractivity contribution in [3.63, 3.8) is 0 Å². The second-order valence-electron chi connectivity index (χ2n) is 10.1. The number of carbonyl (C=O) groups is 2. The average molecular weight is 540 g/mol. The van der Waals surface area contributed by atoms with Crippen molar-refractivity contribution in [2.75, 3.05) is 18.1 Å². The second kappa shape index (κ2) is 12.2. The molecule has 1 saturated heterocycles.